The second-order valence-corrected chi connectivity index (χ2v) is 7.65. The smallest absolute Gasteiger partial charge is 0.238 e. The Bertz CT molecular complexity index is 1280. The molecule has 0 unspecified atom stereocenters. The molecule has 0 aliphatic carbocycles. The van der Waals surface area contributed by atoms with Crippen LogP contribution in [0.25, 0.3) is 22.0 Å². The molecule has 0 radical (unpaired) electrons. The Labute approximate surface area is 168 Å². The normalized spacial score (nSPS) is 11.1. The van der Waals surface area contributed by atoms with Crippen LogP contribution in [0, 0.1) is 0 Å². The van der Waals surface area contributed by atoms with Gasteiger partial charge in [0.1, 0.15) is 5.75 Å². The Morgan fingerprint density at radius 1 is 0.931 bits per heavy atom. The fourth-order valence-corrected chi connectivity index (χ4v) is 3.22. The van der Waals surface area contributed by atoms with Crippen molar-refractivity contribution in [3.05, 3.63) is 67.1 Å². The predicted molar refractivity (Wildman–Crippen MR) is 112 cm³/mol. The molecule has 8 nitrogen and oxygen atoms in total. The Morgan fingerprint density at radius 2 is 1.69 bits per heavy atom. The first kappa shape index (κ1) is 20.2. The van der Waals surface area contributed by atoms with Crippen LogP contribution in [0.1, 0.15) is 7.43 Å². The quantitative estimate of drug-likeness (QED) is 0.470. The molecule has 0 aliphatic heterocycles. The molecule has 4 N–H and O–H groups in total. The average molecular weight is 409 g/mol. The van der Waals surface area contributed by atoms with E-state index in [2.05, 4.69) is 20.3 Å². The summed E-state index contributed by atoms with van der Waals surface area (Å²) in [5, 5.41) is 18.6. The number of benzene rings is 2. The van der Waals surface area contributed by atoms with Crippen molar-refractivity contribution < 1.29 is 13.5 Å². The fraction of sp³-hybridized carbons (Fsp3) is 0.0500. The Kier molecular flexibility index (Phi) is 5.44. The van der Waals surface area contributed by atoms with E-state index in [4.69, 9.17) is 5.14 Å². The van der Waals surface area contributed by atoms with Gasteiger partial charge in [0.05, 0.1) is 16.6 Å². The van der Waals surface area contributed by atoms with E-state index in [1.54, 1.807) is 30.6 Å². The van der Waals surface area contributed by atoms with E-state index >= 15 is 0 Å². The molecule has 2 aromatic heterocycles. The summed E-state index contributed by atoms with van der Waals surface area (Å²) in [5.41, 5.74) is 2.96. The van der Waals surface area contributed by atoms with Crippen LogP contribution in [0.15, 0.2) is 72.0 Å². The minimum absolute atomic E-state index is 0. The zero-order chi connectivity index (χ0) is 19.7. The van der Waals surface area contributed by atoms with Gasteiger partial charge in [-0.1, -0.05) is 19.6 Å². The van der Waals surface area contributed by atoms with E-state index in [9.17, 15) is 13.5 Å². The van der Waals surface area contributed by atoms with Crippen molar-refractivity contribution in [3.63, 3.8) is 0 Å². The summed E-state index contributed by atoms with van der Waals surface area (Å²) in [5.74, 6) is 0.452. The number of nitrogens with one attached hydrogen (secondary N) is 1. The van der Waals surface area contributed by atoms with E-state index in [0.717, 1.165) is 16.5 Å². The number of hydrogen-bond donors (Lipinski definition) is 3. The number of nitrogens with zero attached hydrogens (tertiary/aromatic N) is 3. The van der Waals surface area contributed by atoms with Gasteiger partial charge in [-0.15, -0.1) is 0 Å². The SMILES string of the molecule is C.NS(=O)(=O)c1ccc(Nc2ncc3ccc(-c4cncc(O)c4)cc3n2)cc1. The summed E-state index contributed by atoms with van der Waals surface area (Å²) in [6.45, 7) is 0. The third-order valence-corrected chi connectivity index (χ3v) is 5.01. The average Bonchev–Trinajstić information content (AvgIpc) is 2.67. The molecule has 29 heavy (non-hydrogen) atoms. The van der Waals surface area contributed by atoms with Crippen LogP contribution in [0.2, 0.25) is 0 Å². The van der Waals surface area contributed by atoms with Crippen LogP contribution in [0.5, 0.6) is 5.75 Å². The van der Waals surface area contributed by atoms with Gasteiger partial charge in [-0.3, -0.25) is 4.98 Å². The van der Waals surface area contributed by atoms with Crippen LogP contribution >= 0.6 is 0 Å². The third-order valence-electron chi connectivity index (χ3n) is 4.08. The standard InChI is InChI=1S/C19H15N5O3S.CH4/c20-28(26,27)17-5-3-15(4-6-17)23-19-22-10-13-2-1-12(8-18(13)24-19)14-7-16(25)11-21-9-14;/h1-11,25H,(H2,20,26,27)(H,22,23,24);1H4. The Morgan fingerprint density at radius 3 is 2.38 bits per heavy atom. The lowest BCUT2D eigenvalue weighted by molar-refractivity contribution is 0.473. The molecular formula is C20H19N5O3S. The van der Waals surface area contributed by atoms with Gasteiger partial charge in [-0.25, -0.2) is 23.5 Å². The van der Waals surface area contributed by atoms with Gasteiger partial charge in [0, 0.05) is 29.0 Å². The highest BCUT2D eigenvalue weighted by atomic mass is 32.2. The summed E-state index contributed by atoms with van der Waals surface area (Å²) in [6.07, 6.45) is 4.72. The minimum atomic E-state index is -3.74. The maximum atomic E-state index is 11.3. The van der Waals surface area contributed by atoms with Crippen LogP contribution in [0.3, 0.4) is 0 Å². The molecule has 4 aromatic rings. The predicted octanol–water partition coefficient (Wildman–Crippen LogP) is 3.42. The monoisotopic (exact) mass is 409 g/mol. The first-order chi connectivity index (χ1) is 13.4. The molecule has 0 bridgehead atoms. The number of pyridine rings is 1. The van der Waals surface area contributed by atoms with Gasteiger partial charge >= 0.3 is 0 Å². The molecule has 2 aromatic carbocycles. The lowest BCUT2D eigenvalue weighted by atomic mass is 10.1. The van der Waals surface area contributed by atoms with Gasteiger partial charge < -0.3 is 10.4 Å². The van der Waals surface area contributed by atoms with E-state index in [1.165, 1.54) is 18.3 Å². The summed E-state index contributed by atoms with van der Waals surface area (Å²) >= 11 is 0. The van der Waals surface area contributed by atoms with E-state index < -0.39 is 10.0 Å². The Hall–Kier alpha value is -3.56. The van der Waals surface area contributed by atoms with E-state index in [-0.39, 0.29) is 18.1 Å². The lowest BCUT2D eigenvalue weighted by Crippen LogP contribution is -2.11. The largest absolute Gasteiger partial charge is 0.506 e. The van der Waals surface area contributed by atoms with Crippen LogP contribution < -0.4 is 10.5 Å². The number of sulfonamides is 1. The zero-order valence-electron chi connectivity index (χ0n) is 14.4. The topological polar surface area (TPSA) is 131 Å². The van der Waals surface area contributed by atoms with Crippen molar-refractivity contribution >= 4 is 32.6 Å². The van der Waals surface area contributed by atoms with Gasteiger partial charge in [0.25, 0.3) is 0 Å². The minimum Gasteiger partial charge on any atom is -0.506 e. The van der Waals surface area contributed by atoms with Crippen molar-refractivity contribution in [2.24, 2.45) is 5.14 Å². The fourth-order valence-electron chi connectivity index (χ4n) is 2.71. The molecular weight excluding hydrogens is 390 g/mol. The molecule has 0 atom stereocenters. The second kappa shape index (κ2) is 7.82. The van der Waals surface area contributed by atoms with Crippen molar-refractivity contribution in [1.29, 1.82) is 0 Å². The summed E-state index contributed by atoms with van der Waals surface area (Å²) in [4.78, 5) is 12.8. The van der Waals surface area contributed by atoms with Crippen molar-refractivity contribution in [1.82, 2.24) is 15.0 Å². The van der Waals surface area contributed by atoms with Gasteiger partial charge in [0.15, 0.2) is 0 Å². The van der Waals surface area contributed by atoms with Crippen LogP contribution in [-0.4, -0.2) is 28.5 Å². The van der Waals surface area contributed by atoms with Crippen molar-refractivity contribution in [2.75, 3.05) is 5.32 Å². The lowest BCUT2D eigenvalue weighted by Gasteiger charge is -2.08. The highest BCUT2D eigenvalue weighted by Crippen LogP contribution is 2.26. The first-order valence-electron chi connectivity index (χ1n) is 8.19. The number of aromatic nitrogens is 3. The molecule has 0 saturated carbocycles. The van der Waals surface area contributed by atoms with E-state index in [1.807, 2.05) is 18.2 Å². The third kappa shape index (κ3) is 4.48. The highest BCUT2D eigenvalue weighted by Gasteiger charge is 2.08. The number of primary sulfonamides is 1. The number of fused-ring (bicyclic) bond motifs is 1. The number of aromatic hydroxyl groups is 1. The summed E-state index contributed by atoms with van der Waals surface area (Å²) < 4.78 is 22.7. The van der Waals surface area contributed by atoms with Gasteiger partial charge in [0.2, 0.25) is 16.0 Å². The molecule has 0 fully saturated rings. The summed E-state index contributed by atoms with van der Waals surface area (Å²) in [6, 6.07) is 13.3. The van der Waals surface area contributed by atoms with Gasteiger partial charge in [-0.2, -0.15) is 0 Å². The van der Waals surface area contributed by atoms with Crippen molar-refractivity contribution in [3.8, 4) is 16.9 Å². The molecule has 0 saturated heterocycles. The first-order valence-corrected chi connectivity index (χ1v) is 9.74. The highest BCUT2D eigenvalue weighted by molar-refractivity contribution is 7.89. The van der Waals surface area contributed by atoms with Crippen LogP contribution in [0.4, 0.5) is 11.6 Å². The molecule has 9 heteroatoms. The van der Waals surface area contributed by atoms with Gasteiger partial charge in [-0.05, 0) is 42.0 Å². The molecule has 4 rings (SSSR count). The molecule has 0 spiro atoms. The molecule has 148 valence electrons. The summed E-state index contributed by atoms with van der Waals surface area (Å²) in [7, 11) is -3.74. The second-order valence-electron chi connectivity index (χ2n) is 6.09. The number of hydrogen-bond acceptors (Lipinski definition) is 7. The molecule has 0 amide bonds. The zero-order valence-corrected chi connectivity index (χ0v) is 15.3. The number of rotatable bonds is 4. The number of anilines is 2. The maximum Gasteiger partial charge on any atom is 0.238 e. The van der Waals surface area contributed by atoms with Crippen molar-refractivity contribution in [2.45, 2.75) is 12.3 Å². The Balaban J connectivity index is 0.00000240. The van der Waals surface area contributed by atoms with E-state index in [0.29, 0.717) is 17.2 Å². The number of nitrogens with two attached hydrogens (primary N) is 1. The van der Waals surface area contributed by atoms with Crippen LogP contribution in [-0.2, 0) is 10.0 Å². The molecule has 2 heterocycles. The maximum absolute atomic E-state index is 11.3. The molecule has 0 aliphatic rings.